The maximum absolute atomic E-state index is 12.6. The van der Waals surface area contributed by atoms with Gasteiger partial charge in [0.05, 0.1) is 17.2 Å². The Morgan fingerprint density at radius 3 is 2.29 bits per heavy atom. The second-order valence-corrected chi connectivity index (χ2v) is 2.94. The van der Waals surface area contributed by atoms with Gasteiger partial charge >= 0.3 is 6.18 Å². The van der Waals surface area contributed by atoms with E-state index in [0.717, 1.165) is 0 Å². The van der Waals surface area contributed by atoms with Gasteiger partial charge in [0.15, 0.2) is 0 Å². The average Bonchev–Trinajstić information content (AvgIpc) is 1.99. The highest BCUT2D eigenvalue weighted by Gasteiger charge is 2.36. The number of hydrogen-bond acceptors (Lipinski definition) is 2. The minimum Gasteiger partial charge on any atom is -0.207 e. The third-order valence-corrected chi connectivity index (χ3v) is 1.84. The molecule has 0 radical (unpaired) electrons. The molecule has 0 amide bonds. The lowest BCUT2D eigenvalue weighted by Gasteiger charge is -2.10. The van der Waals surface area contributed by atoms with E-state index < -0.39 is 28.0 Å². The molecule has 1 nitrogen and oxygen atoms in total. The van der Waals surface area contributed by atoms with Crippen LogP contribution in [0.4, 0.5) is 17.6 Å². The Morgan fingerprint density at radius 2 is 1.86 bits per heavy atom. The summed E-state index contributed by atoms with van der Waals surface area (Å²) in [7, 11) is 0. The molecule has 1 rings (SSSR count). The first kappa shape index (κ1) is 10.9. The quantitative estimate of drug-likeness (QED) is 0.528. The first-order chi connectivity index (χ1) is 6.36. The van der Waals surface area contributed by atoms with Gasteiger partial charge in [0, 0.05) is 4.90 Å². The standard InChI is InChI=1S/C8H3F4NS/c9-5-1-4(3-13)7(6(14)2-5)8(10,11)12/h1-2,14H. The fourth-order valence-electron chi connectivity index (χ4n) is 0.979. The number of benzene rings is 1. The number of rotatable bonds is 0. The van der Waals surface area contributed by atoms with Crippen molar-refractivity contribution in [3.8, 4) is 6.07 Å². The van der Waals surface area contributed by atoms with Crippen LogP contribution in [0.1, 0.15) is 11.1 Å². The molecule has 74 valence electrons. The number of nitrogens with zero attached hydrogens (tertiary/aromatic N) is 1. The zero-order valence-electron chi connectivity index (χ0n) is 6.56. The smallest absolute Gasteiger partial charge is 0.207 e. The van der Waals surface area contributed by atoms with Crippen LogP contribution < -0.4 is 0 Å². The highest BCUT2D eigenvalue weighted by Crippen LogP contribution is 2.36. The van der Waals surface area contributed by atoms with E-state index in [-0.39, 0.29) is 0 Å². The van der Waals surface area contributed by atoms with Gasteiger partial charge in [-0.3, -0.25) is 0 Å². The predicted molar refractivity (Wildman–Crippen MR) is 43.4 cm³/mol. The van der Waals surface area contributed by atoms with Crippen molar-refractivity contribution >= 4 is 12.6 Å². The summed E-state index contributed by atoms with van der Waals surface area (Å²) in [4.78, 5) is -0.589. The Bertz CT molecular complexity index is 405. The fourth-order valence-corrected chi connectivity index (χ4v) is 1.35. The molecule has 14 heavy (non-hydrogen) atoms. The monoisotopic (exact) mass is 221 g/mol. The number of halogens is 4. The molecular weight excluding hydrogens is 218 g/mol. The van der Waals surface area contributed by atoms with E-state index in [1.165, 1.54) is 6.07 Å². The molecule has 0 spiro atoms. The third kappa shape index (κ3) is 1.99. The van der Waals surface area contributed by atoms with Gasteiger partial charge in [0.1, 0.15) is 5.82 Å². The average molecular weight is 221 g/mol. The van der Waals surface area contributed by atoms with Crippen molar-refractivity contribution < 1.29 is 17.6 Å². The third-order valence-electron chi connectivity index (χ3n) is 1.49. The van der Waals surface area contributed by atoms with Crippen LogP contribution in [0.2, 0.25) is 0 Å². The molecule has 0 N–H and O–H groups in total. The molecule has 0 aromatic heterocycles. The second-order valence-electron chi connectivity index (χ2n) is 2.46. The summed E-state index contributed by atoms with van der Waals surface area (Å²) in [6, 6.07) is 2.42. The van der Waals surface area contributed by atoms with Crippen molar-refractivity contribution in [2.24, 2.45) is 0 Å². The van der Waals surface area contributed by atoms with Gasteiger partial charge in [0.2, 0.25) is 0 Å². The minimum absolute atomic E-state index is 0.530. The van der Waals surface area contributed by atoms with Crippen molar-refractivity contribution in [1.29, 1.82) is 5.26 Å². The van der Waals surface area contributed by atoms with Crippen LogP contribution in [0.5, 0.6) is 0 Å². The van der Waals surface area contributed by atoms with Crippen molar-refractivity contribution in [2.75, 3.05) is 0 Å². The first-order valence-corrected chi connectivity index (χ1v) is 3.81. The molecule has 1 aromatic rings. The molecule has 0 bridgehead atoms. The van der Waals surface area contributed by atoms with Crippen molar-refractivity contribution in [1.82, 2.24) is 0 Å². The highest BCUT2D eigenvalue weighted by molar-refractivity contribution is 7.80. The van der Waals surface area contributed by atoms with Crippen molar-refractivity contribution in [2.45, 2.75) is 11.1 Å². The summed E-state index contributed by atoms with van der Waals surface area (Å²) in [6.07, 6.45) is -4.70. The van der Waals surface area contributed by atoms with Crippen LogP contribution in [0.25, 0.3) is 0 Å². The molecule has 0 aliphatic rings. The van der Waals surface area contributed by atoms with E-state index in [2.05, 4.69) is 12.6 Å². The minimum atomic E-state index is -4.70. The molecule has 0 saturated heterocycles. The lowest BCUT2D eigenvalue weighted by molar-refractivity contribution is -0.139. The molecule has 0 saturated carbocycles. The SMILES string of the molecule is N#Cc1cc(F)cc(S)c1C(F)(F)F. The summed E-state index contributed by atoms with van der Waals surface area (Å²) in [5, 5.41) is 8.38. The lowest BCUT2D eigenvalue weighted by atomic mass is 10.1. The Labute approximate surface area is 82.4 Å². The number of nitriles is 1. The van der Waals surface area contributed by atoms with E-state index in [1.807, 2.05) is 0 Å². The summed E-state index contributed by atoms with van der Waals surface area (Å²) >= 11 is 3.47. The van der Waals surface area contributed by atoms with Crippen LogP contribution in [0.3, 0.4) is 0 Å². The number of hydrogen-bond donors (Lipinski definition) is 1. The Balaban J connectivity index is 3.51. The summed E-state index contributed by atoms with van der Waals surface area (Å²) in [5.74, 6) is -0.917. The molecule has 1 aromatic carbocycles. The molecule has 0 fully saturated rings. The molecule has 0 aliphatic carbocycles. The van der Waals surface area contributed by atoms with Crippen LogP contribution in [0, 0.1) is 17.1 Å². The van der Waals surface area contributed by atoms with Gasteiger partial charge in [-0.1, -0.05) is 0 Å². The van der Waals surface area contributed by atoms with Gasteiger partial charge in [0.25, 0.3) is 0 Å². The number of alkyl halides is 3. The van der Waals surface area contributed by atoms with E-state index in [1.54, 1.807) is 0 Å². The van der Waals surface area contributed by atoms with E-state index in [9.17, 15) is 17.6 Å². The van der Waals surface area contributed by atoms with Gasteiger partial charge in [-0.15, -0.1) is 12.6 Å². The van der Waals surface area contributed by atoms with Crippen LogP contribution in [-0.2, 0) is 6.18 Å². The van der Waals surface area contributed by atoms with Gasteiger partial charge < -0.3 is 0 Å². The van der Waals surface area contributed by atoms with Gasteiger partial charge in [-0.2, -0.15) is 18.4 Å². The summed E-state index contributed by atoms with van der Waals surface area (Å²) in [6.45, 7) is 0. The highest BCUT2D eigenvalue weighted by atomic mass is 32.1. The fraction of sp³-hybridized carbons (Fsp3) is 0.125. The molecule has 6 heteroatoms. The largest absolute Gasteiger partial charge is 0.418 e. The number of thiol groups is 1. The molecular formula is C8H3F4NS. The molecule has 0 atom stereocenters. The predicted octanol–water partition coefficient (Wildman–Crippen LogP) is 3.00. The molecule has 0 heterocycles. The van der Waals surface area contributed by atoms with Gasteiger partial charge in [-0.05, 0) is 12.1 Å². The second kappa shape index (κ2) is 3.50. The van der Waals surface area contributed by atoms with Crippen LogP contribution in [0.15, 0.2) is 17.0 Å². The van der Waals surface area contributed by atoms with Crippen LogP contribution >= 0.6 is 12.6 Å². The first-order valence-electron chi connectivity index (χ1n) is 3.36. The van der Waals surface area contributed by atoms with Gasteiger partial charge in [-0.25, -0.2) is 4.39 Å². The van der Waals surface area contributed by atoms with E-state index in [4.69, 9.17) is 5.26 Å². The van der Waals surface area contributed by atoms with E-state index >= 15 is 0 Å². The van der Waals surface area contributed by atoms with Crippen molar-refractivity contribution in [3.05, 3.63) is 29.1 Å². The van der Waals surface area contributed by atoms with E-state index in [0.29, 0.717) is 12.1 Å². The zero-order valence-corrected chi connectivity index (χ0v) is 7.46. The maximum atomic E-state index is 12.6. The Kier molecular flexibility index (Phi) is 2.71. The Hall–Kier alpha value is -1.22. The maximum Gasteiger partial charge on any atom is 0.418 e. The lowest BCUT2D eigenvalue weighted by Crippen LogP contribution is -2.09. The zero-order chi connectivity index (χ0) is 10.9. The topological polar surface area (TPSA) is 23.8 Å². The molecule has 0 unspecified atom stereocenters. The Morgan fingerprint density at radius 1 is 1.29 bits per heavy atom. The summed E-state index contributed by atoms with van der Waals surface area (Å²) < 4.78 is 49.5. The molecule has 0 aliphatic heterocycles. The normalized spacial score (nSPS) is 11.1. The van der Waals surface area contributed by atoms with Crippen molar-refractivity contribution in [3.63, 3.8) is 0 Å². The summed E-state index contributed by atoms with van der Waals surface area (Å²) in [5.41, 5.74) is -1.97. The van der Waals surface area contributed by atoms with Crippen LogP contribution in [-0.4, -0.2) is 0 Å².